The molecular formula is C20H24N4O. The van der Waals surface area contributed by atoms with Gasteiger partial charge < -0.3 is 14.9 Å². The summed E-state index contributed by atoms with van der Waals surface area (Å²) in [5.74, 6) is 6.95. The molecule has 5 heteroatoms. The van der Waals surface area contributed by atoms with E-state index in [-0.39, 0.29) is 12.1 Å². The van der Waals surface area contributed by atoms with Gasteiger partial charge in [0.1, 0.15) is 5.60 Å². The second-order valence-corrected chi connectivity index (χ2v) is 7.26. The Morgan fingerprint density at radius 2 is 2.00 bits per heavy atom. The standard InChI is InChI=1S/C20H24N4O/c1-15-5-4-6-16(11-15)9-10-20(25)12-17-7-8-18(13-20)24(17)19(22-14-21)23(2)3/h4-6,11,17-18,25H,7-8,12-13H2,1-3H3/t17-,18+,20?. The number of aryl methyl sites for hydroxylation is 1. The maximum Gasteiger partial charge on any atom is 0.212 e. The SMILES string of the molecule is Cc1cccc(C#CC2(O)C[C@H]3CC[C@@H](C2)N3C(=NC#N)N(C)C)c1. The van der Waals surface area contributed by atoms with Crippen LogP contribution in [-0.4, -0.2) is 52.6 Å². The van der Waals surface area contributed by atoms with Crippen LogP contribution in [-0.2, 0) is 0 Å². The molecule has 0 amide bonds. The lowest BCUT2D eigenvalue weighted by atomic mass is 9.86. The van der Waals surface area contributed by atoms with Crippen LogP contribution in [0.2, 0.25) is 0 Å². The minimum absolute atomic E-state index is 0.171. The van der Waals surface area contributed by atoms with Crippen molar-refractivity contribution in [2.24, 2.45) is 4.99 Å². The van der Waals surface area contributed by atoms with Crippen LogP contribution in [0.3, 0.4) is 0 Å². The number of hydrogen-bond donors (Lipinski definition) is 1. The number of aliphatic imine (C=N–C) groups is 1. The number of rotatable bonds is 0. The molecule has 0 radical (unpaired) electrons. The van der Waals surface area contributed by atoms with Crippen molar-refractivity contribution in [1.29, 1.82) is 5.26 Å². The molecule has 2 aliphatic rings. The highest BCUT2D eigenvalue weighted by Crippen LogP contribution is 2.41. The van der Waals surface area contributed by atoms with Crippen molar-refractivity contribution in [1.82, 2.24) is 9.80 Å². The quantitative estimate of drug-likeness (QED) is 0.341. The molecule has 3 atom stereocenters. The van der Waals surface area contributed by atoms with Crippen molar-refractivity contribution < 1.29 is 5.11 Å². The van der Waals surface area contributed by atoms with Gasteiger partial charge in [0, 0.05) is 44.6 Å². The Hall–Kier alpha value is -2.50. The average molecular weight is 336 g/mol. The van der Waals surface area contributed by atoms with E-state index in [0.717, 1.165) is 24.0 Å². The van der Waals surface area contributed by atoms with Crippen LogP contribution in [0.4, 0.5) is 0 Å². The molecule has 3 rings (SSSR count). The molecule has 130 valence electrons. The molecule has 1 aromatic rings. The number of nitrogens with zero attached hydrogens (tertiary/aromatic N) is 4. The first kappa shape index (κ1) is 17.3. The summed E-state index contributed by atoms with van der Waals surface area (Å²) in [5, 5.41) is 20.0. The van der Waals surface area contributed by atoms with Gasteiger partial charge in [0.15, 0.2) is 0 Å². The molecular weight excluding hydrogens is 312 g/mol. The van der Waals surface area contributed by atoms with Gasteiger partial charge >= 0.3 is 0 Å². The number of hydrogen-bond acceptors (Lipinski definition) is 3. The van der Waals surface area contributed by atoms with Gasteiger partial charge in [0.05, 0.1) is 0 Å². The average Bonchev–Trinajstić information content (AvgIpc) is 2.82. The number of nitriles is 1. The second-order valence-electron chi connectivity index (χ2n) is 7.26. The maximum atomic E-state index is 11.0. The molecule has 0 spiro atoms. The Labute approximate surface area is 149 Å². The lowest BCUT2D eigenvalue weighted by molar-refractivity contribution is 0.0119. The minimum atomic E-state index is -0.976. The molecule has 5 nitrogen and oxygen atoms in total. The lowest BCUT2D eigenvalue weighted by Gasteiger charge is -2.44. The molecule has 0 saturated carbocycles. The van der Waals surface area contributed by atoms with Gasteiger partial charge in [-0.15, -0.1) is 4.99 Å². The summed E-state index contributed by atoms with van der Waals surface area (Å²) in [4.78, 5) is 8.07. The van der Waals surface area contributed by atoms with Crippen molar-refractivity contribution >= 4 is 5.96 Å². The third-order valence-electron chi connectivity index (χ3n) is 5.01. The Balaban J connectivity index is 1.82. The Kier molecular flexibility index (Phi) is 4.70. The van der Waals surface area contributed by atoms with E-state index in [1.165, 1.54) is 0 Å². The highest BCUT2D eigenvalue weighted by atomic mass is 16.3. The van der Waals surface area contributed by atoms with E-state index in [1.54, 1.807) is 0 Å². The van der Waals surface area contributed by atoms with E-state index in [4.69, 9.17) is 5.26 Å². The van der Waals surface area contributed by atoms with Gasteiger partial charge in [0.2, 0.25) is 12.2 Å². The van der Waals surface area contributed by atoms with E-state index in [1.807, 2.05) is 56.4 Å². The van der Waals surface area contributed by atoms with E-state index in [9.17, 15) is 5.11 Å². The predicted octanol–water partition coefficient (Wildman–Crippen LogP) is 2.10. The molecule has 2 saturated heterocycles. The summed E-state index contributed by atoms with van der Waals surface area (Å²) >= 11 is 0. The van der Waals surface area contributed by atoms with Crippen molar-refractivity contribution in [3.8, 4) is 18.0 Å². The van der Waals surface area contributed by atoms with Gasteiger partial charge in [-0.2, -0.15) is 5.26 Å². The summed E-state index contributed by atoms with van der Waals surface area (Å²) in [7, 11) is 3.79. The first-order valence-corrected chi connectivity index (χ1v) is 8.66. The van der Waals surface area contributed by atoms with Crippen LogP contribution >= 0.6 is 0 Å². The van der Waals surface area contributed by atoms with Crippen LogP contribution in [0.5, 0.6) is 0 Å². The molecule has 0 aliphatic carbocycles. The molecule has 25 heavy (non-hydrogen) atoms. The number of aliphatic hydroxyl groups is 1. The first-order valence-electron chi connectivity index (χ1n) is 8.66. The fourth-order valence-electron chi connectivity index (χ4n) is 4.00. The topological polar surface area (TPSA) is 62.9 Å². The highest BCUT2D eigenvalue weighted by molar-refractivity contribution is 5.81. The van der Waals surface area contributed by atoms with Crippen LogP contribution in [0.15, 0.2) is 29.3 Å². The smallest absolute Gasteiger partial charge is 0.212 e. The zero-order valence-corrected chi connectivity index (χ0v) is 15.0. The molecule has 1 unspecified atom stereocenters. The molecule has 2 fully saturated rings. The van der Waals surface area contributed by atoms with Crippen molar-refractivity contribution in [3.05, 3.63) is 35.4 Å². The monoisotopic (exact) mass is 336 g/mol. The van der Waals surface area contributed by atoms with Crippen LogP contribution < -0.4 is 0 Å². The van der Waals surface area contributed by atoms with Crippen LogP contribution in [0.1, 0.15) is 36.8 Å². The van der Waals surface area contributed by atoms with Crippen LogP contribution in [0, 0.1) is 30.2 Å². The summed E-state index contributed by atoms with van der Waals surface area (Å²) in [6.45, 7) is 2.04. The van der Waals surface area contributed by atoms with E-state index in [0.29, 0.717) is 18.8 Å². The highest BCUT2D eigenvalue weighted by Gasteiger charge is 2.48. The fraction of sp³-hybridized carbons (Fsp3) is 0.500. The minimum Gasteiger partial charge on any atom is -0.377 e. The Morgan fingerprint density at radius 1 is 1.32 bits per heavy atom. The van der Waals surface area contributed by atoms with Gasteiger partial charge in [-0.3, -0.25) is 0 Å². The lowest BCUT2D eigenvalue weighted by Crippen LogP contribution is -2.55. The number of benzene rings is 1. The summed E-state index contributed by atoms with van der Waals surface area (Å²) in [6, 6.07) is 8.36. The van der Waals surface area contributed by atoms with Gasteiger partial charge in [-0.05, 0) is 37.5 Å². The van der Waals surface area contributed by atoms with Gasteiger partial charge in [-0.25, -0.2) is 0 Å². The Morgan fingerprint density at radius 3 is 2.56 bits per heavy atom. The Bertz CT molecular complexity index is 767. The molecule has 2 bridgehead atoms. The third-order valence-corrected chi connectivity index (χ3v) is 5.01. The van der Waals surface area contributed by atoms with E-state index >= 15 is 0 Å². The summed E-state index contributed by atoms with van der Waals surface area (Å²) in [6.07, 6.45) is 5.06. The number of fused-ring (bicyclic) bond motifs is 2. The number of guanidine groups is 1. The van der Waals surface area contributed by atoms with Gasteiger partial charge in [-0.1, -0.05) is 24.0 Å². The largest absolute Gasteiger partial charge is 0.377 e. The van der Waals surface area contributed by atoms with E-state index < -0.39 is 5.60 Å². The normalized spacial score (nSPS) is 28.1. The van der Waals surface area contributed by atoms with Crippen molar-refractivity contribution in [2.75, 3.05) is 14.1 Å². The van der Waals surface area contributed by atoms with Gasteiger partial charge in [0.25, 0.3) is 0 Å². The zero-order valence-electron chi connectivity index (χ0n) is 15.0. The third kappa shape index (κ3) is 3.62. The predicted molar refractivity (Wildman–Crippen MR) is 97.6 cm³/mol. The molecule has 1 N–H and O–H groups in total. The van der Waals surface area contributed by atoms with Crippen LogP contribution in [0.25, 0.3) is 0 Å². The molecule has 0 aromatic heterocycles. The summed E-state index contributed by atoms with van der Waals surface area (Å²) < 4.78 is 0. The molecule has 2 aliphatic heterocycles. The second kappa shape index (κ2) is 6.78. The molecule has 2 heterocycles. The fourth-order valence-corrected chi connectivity index (χ4v) is 4.00. The summed E-state index contributed by atoms with van der Waals surface area (Å²) in [5.41, 5.74) is 1.12. The zero-order chi connectivity index (χ0) is 18.0. The van der Waals surface area contributed by atoms with Crippen molar-refractivity contribution in [3.63, 3.8) is 0 Å². The molecule has 1 aromatic carbocycles. The van der Waals surface area contributed by atoms with Crippen molar-refractivity contribution in [2.45, 2.75) is 50.3 Å². The first-order chi connectivity index (χ1) is 11.9. The maximum absolute atomic E-state index is 11.0. The van der Waals surface area contributed by atoms with E-state index in [2.05, 4.69) is 21.7 Å². The number of piperidine rings is 1.